The smallest absolute Gasteiger partial charge is 0.170 e. The maximum absolute atomic E-state index is 14.6. The Bertz CT molecular complexity index is 397. The van der Waals surface area contributed by atoms with Gasteiger partial charge in [0.05, 0.1) is 13.2 Å². The van der Waals surface area contributed by atoms with Crippen molar-refractivity contribution in [3.05, 3.63) is 23.6 Å². The number of hydrogen-bond acceptors (Lipinski definition) is 5. The summed E-state index contributed by atoms with van der Waals surface area (Å²) in [6.07, 6.45) is 2.67. The number of rotatable bonds is 11. The average molecular weight is 299 g/mol. The SMILES string of the molecule is CCCNCc1ccnc(N(CCOC)CCOC)c1F. The lowest BCUT2D eigenvalue weighted by atomic mass is 10.2. The van der Waals surface area contributed by atoms with E-state index in [9.17, 15) is 4.39 Å². The average Bonchev–Trinajstić information content (AvgIpc) is 2.50. The van der Waals surface area contributed by atoms with Gasteiger partial charge in [-0.1, -0.05) is 6.92 Å². The highest BCUT2D eigenvalue weighted by Crippen LogP contribution is 2.19. The fourth-order valence-corrected chi connectivity index (χ4v) is 1.95. The summed E-state index contributed by atoms with van der Waals surface area (Å²) in [4.78, 5) is 6.04. The van der Waals surface area contributed by atoms with E-state index in [0.717, 1.165) is 13.0 Å². The molecule has 5 nitrogen and oxygen atoms in total. The largest absolute Gasteiger partial charge is 0.383 e. The van der Waals surface area contributed by atoms with Crippen molar-refractivity contribution in [1.82, 2.24) is 10.3 Å². The molecule has 1 N–H and O–H groups in total. The fraction of sp³-hybridized carbons (Fsp3) is 0.667. The summed E-state index contributed by atoms with van der Waals surface area (Å²) in [5, 5.41) is 3.21. The van der Waals surface area contributed by atoms with Gasteiger partial charge in [-0.3, -0.25) is 0 Å². The zero-order valence-electron chi connectivity index (χ0n) is 13.2. The molecule has 1 rings (SSSR count). The van der Waals surface area contributed by atoms with Crippen LogP contribution in [0.2, 0.25) is 0 Å². The number of anilines is 1. The molecule has 0 unspecified atom stereocenters. The van der Waals surface area contributed by atoms with Gasteiger partial charge in [0, 0.05) is 45.6 Å². The van der Waals surface area contributed by atoms with Crippen LogP contribution >= 0.6 is 0 Å². The zero-order valence-corrected chi connectivity index (χ0v) is 13.2. The molecule has 0 bridgehead atoms. The molecule has 0 aliphatic heterocycles. The topological polar surface area (TPSA) is 46.6 Å². The second-order valence-corrected chi connectivity index (χ2v) is 4.76. The van der Waals surface area contributed by atoms with Crippen molar-refractivity contribution < 1.29 is 13.9 Å². The van der Waals surface area contributed by atoms with Crippen LogP contribution in [0.5, 0.6) is 0 Å². The summed E-state index contributed by atoms with van der Waals surface area (Å²) in [6, 6.07) is 1.71. The molecule has 0 spiro atoms. The monoisotopic (exact) mass is 299 g/mol. The lowest BCUT2D eigenvalue weighted by molar-refractivity contribution is 0.189. The van der Waals surface area contributed by atoms with Crippen molar-refractivity contribution in [2.24, 2.45) is 0 Å². The van der Waals surface area contributed by atoms with E-state index in [0.29, 0.717) is 44.2 Å². The van der Waals surface area contributed by atoms with Gasteiger partial charge in [0.15, 0.2) is 11.6 Å². The minimum Gasteiger partial charge on any atom is -0.383 e. The maximum atomic E-state index is 14.6. The predicted molar refractivity (Wildman–Crippen MR) is 82.2 cm³/mol. The third kappa shape index (κ3) is 5.95. The van der Waals surface area contributed by atoms with E-state index in [1.54, 1.807) is 26.5 Å². The molecule has 1 heterocycles. The molecule has 0 aliphatic rings. The molecular formula is C15H26FN3O2. The highest BCUT2D eigenvalue weighted by Gasteiger charge is 2.16. The molecule has 120 valence electrons. The maximum Gasteiger partial charge on any atom is 0.170 e. The molecule has 1 aromatic rings. The van der Waals surface area contributed by atoms with E-state index in [4.69, 9.17) is 9.47 Å². The summed E-state index contributed by atoms with van der Waals surface area (Å²) < 4.78 is 24.7. The van der Waals surface area contributed by atoms with Gasteiger partial charge in [-0.05, 0) is 19.0 Å². The first kappa shape index (κ1) is 17.8. The van der Waals surface area contributed by atoms with Gasteiger partial charge < -0.3 is 19.7 Å². The van der Waals surface area contributed by atoms with Crippen molar-refractivity contribution in [1.29, 1.82) is 0 Å². The van der Waals surface area contributed by atoms with Crippen LogP contribution in [0.1, 0.15) is 18.9 Å². The number of hydrogen-bond donors (Lipinski definition) is 1. The standard InChI is InChI=1S/C15H26FN3O2/c1-4-6-17-12-13-5-7-18-15(14(13)16)19(8-10-20-2)9-11-21-3/h5,7,17H,4,6,8-12H2,1-3H3. The van der Waals surface area contributed by atoms with Crippen LogP contribution in [0.3, 0.4) is 0 Å². The Morgan fingerprint density at radius 1 is 1.24 bits per heavy atom. The van der Waals surface area contributed by atoms with Gasteiger partial charge in [-0.15, -0.1) is 0 Å². The van der Waals surface area contributed by atoms with E-state index in [-0.39, 0.29) is 5.82 Å². The van der Waals surface area contributed by atoms with E-state index in [1.807, 2.05) is 4.90 Å². The fourth-order valence-electron chi connectivity index (χ4n) is 1.95. The number of pyridine rings is 1. The number of nitrogens with zero attached hydrogens (tertiary/aromatic N) is 2. The van der Waals surface area contributed by atoms with Crippen LogP contribution in [0.25, 0.3) is 0 Å². The van der Waals surface area contributed by atoms with Crippen LogP contribution in [0.15, 0.2) is 12.3 Å². The van der Waals surface area contributed by atoms with Crippen molar-refractivity contribution in [3.8, 4) is 0 Å². The summed E-state index contributed by atoms with van der Waals surface area (Å²) in [6.45, 7) is 5.65. The molecule has 0 aliphatic carbocycles. The van der Waals surface area contributed by atoms with E-state index in [2.05, 4.69) is 17.2 Å². The molecule has 21 heavy (non-hydrogen) atoms. The van der Waals surface area contributed by atoms with Crippen LogP contribution in [0.4, 0.5) is 10.2 Å². The zero-order chi connectivity index (χ0) is 15.5. The third-order valence-corrected chi connectivity index (χ3v) is 3.12. The Hall–Kier alpha value is -1.24. The second-order valence-electron chi connectivity index (χ2n) is 4.76. The Labute approximate surface area is 126 Å². The quantitative estimate of drug-likeness (QED) is 0.632. The molecule has 0 amide bonds. The van der Waals surface area contributed by atoms with Crippen molar-refractivity contribution in [2.45, 2.75) is 19.9 Å². The lowest BCUT2D eigenvalue weighted by Gasteiger charge is -2.24. The van der Waals surface area contributed by atoms with E-state index in [1.165, 1.54) is 0 Å². The summed E-state index contributed by atoms with van der Waals surface area (Å²) >= 11 is 0. The highest BCUT2D eigenvalue weighted by atomic mass is 19.1. The van der Waals surface area contributed by atoms with Crippen LogP contribution in [-0.4, -0.2) is 52.1 Å². The molecule has 1 aromatic heterocycles. The van der Waals surface area contributed by atoms with Crippen molar-refractivity contribution in [3.63, 3.8) is 0 Å². The molecule has 0 atom stereocenters. The minimum absolute atomic E-state index is 0.270. The van der Waals surface area contributed by atoms with Gasteiger partial charge in [0.2, 0.25) is 0 Å². The number of nitrogens with one attached hydrogen (secondary N) is 1. The second kappa shape index (κ2) is 10.5. The van der Waals surface area contributed by atoms with Gasteiger partial charge >= 0.3 is 0 Å². The number of methoxy groups -OCH3 is 2. The molecule has 0 saturated carbocycles. The first-order valence-electron chi connectivity index (χ1n) is 7.31. The Balaban J connectivity index is 2.82. The third-order valence-electron chi connectivity index (χ3n) is 3.12. The first-order chi connectivity index (χ1) is 10.2. The first-order valence-corrected chi connectivity index (χ1v) is 7.31. The molecule has 0 radical (unpaired) electrons. The van der Waals surface area contributed by atoms with E-state index < -0.39 is 0 Å². The van der Waals surface area contributed by atoms with Crippen LogP contribution in [0, 0.1) is 5.82 Å². The van der Waals surface area contributed by atoms with Gasteiger partial charge in [0.25, 0.3) is 0 Å². The number of halogens is 1. The Kier molecular flexibility index (Phi) is 8.89. The van der Waals surface area contributed by atoms with Crippen molar-refractivity contribution >= 4 is 5.82 Å². The van der Waals surface area contributed by atoms with Gasteiger partial charge in [0.1, 0.15) is 0 Å². The molecule has 0 aromatic carbocycles. The van der Waals surface area contributed by atoms with Crippen LogP contribution in [-0.2, 0) is 16.0 Å². The number of aromatic nitrogens is 1. The highest BCUT2D eigenvalue weighted by molar-refractivity contribution is 5.43. The van der Waals surface area contributed by atoms with Crippen LogP contribution < -0.4 is 10.2 Å². The molecule has 0 fully saturated rings. The summed E-state index contributed by atoms with van der Waals surface area (Å²) in [7, 11) is 3.26. The molecule has 6 heteroatoms. The predicted octanol–water partition coefficient (Wildman–Crippen LogP) is 1.82. The lowest BCUT2D eigenvalue weighted by Crippen LogP contribution is -2.32. The van der Waals surface area contributed by atoms with Gasteiger partial charge in [-0.25, -0.2) is 9.37 Å². The Morgan fingerprint density at radius 3 is 2.48 bits per heavy atom. The molecule has 0 saturated heterocycles. The van der Waals surface area contributed by atoms with Crippen molar-refractivity contribution in [2.75, 3.05) is 52.0 Å². The van der Waals surface area contributed by atoms with E-state index >= 15 is 0 Å². The number of ether oxygens (including phenoxy) is 2. The molecular weight excluding hydrogens is 273 g/mol. The summed E-state index contributed by atoms with van der Waals surface area (Å²) in [5.41, 5.74) is 0.633. The normalized spacial score (nSPS) is 10.9. The van der Waals surface area contributed by atoms with Gasteiger partial charge in [-0.2, -0.15) is 0 Å². The minimum atomic E-state index is -0.270. The summed E-state index contributed by atoms with van der Waals surface area (Å²) in [5.74, 6) is 0.0909. The Morgan fingerprint density at radius 2 is 1.90 bits per heavy atom.